The van der Waals surface area contributed by atoms with Crippen molar-refractivity contribution in [2.75, 3.05) is 33.3 Å². The Balaban J connectivity index is 1.57. The van der Waals surface area contributed by atoms with Crippen molar-refractivity contribution >= 4 is 11.8 Å². The van der Waals surface area contributed by atoms with E-state index in [9.17, 15) is 9.59 Å². The van der Waals surface area contributed by atoms with Gasteiger partial charge in [-0.05, 0) is 56.8 Å². The summed E-state index contributed by atoms with van der Waals surface area (Å²) in [6.07, 6.45) is 3.73. The molecule has 0 radical (unpaired) electrons. The van der Waals surface area contributed by atoms with Crippen LogP contribution in [0.1, 0.15) is 25.7 Å². The van der Waals surface area contributed by atoms with Crippen molar-refractivity contribution in [2.24, 2.45) is 11.1 Å². The van der Waals surface area contributed by atoms with Crippen LogP contribution in [0.4, 0.5) is 0 Å². The van der Waals surface area contributed by atoms with E-state index in [2.05, 4.69) is 4.90 Å². The summed E-state index contributed by atoms with van der Waals surface area (Å²) in [6.45, 7) is 2.28. The van der Waals surface area contributed by atoms with Gasteiger partial charge in [0, 0.05) is 13.1 Å². The minimum absolute atomic E-state index is 0.00140. The Labute approximate surface area is 148 Å². The van der Waals surface area contributed by atoms with E-state index in [4.69, 9.17) is 10.5 Å². The van der Waals surface area contributed by atoms with Crippen LogP contribution in [0.3, 0.4) is 0 Å². The maximum absolute atomic E-state index is 12.4. The Bertz CT molecular complexity index is 612. The highest BCUT2D eigenvalue weighted by molar-refractivity contribution is 5.81. The molecular formula is C19H27N3O3. The minimum atomic E-state index is -0.241. The number of likely N-dealkylation sites (N-methyl/N-ethyl adjacent to an activating group) is 1. The van der Waals surface area contributed by atoms with Crippen LogP contribution in [-0.2, 0) is 9.59 Å². The number of para-hydroxylation sites is 1. The molecule has 0 saturated carbocycles. The number of carbonyl (C=O) groups is 2. The van der Waals surface area contributed by atoms with E-state index in [-0.39, 0.29) is 29.9 Å². The van der Waals surface area contributed by atoms with Crippen molar-refractivity contribution in [3.63, 3.8) is 0 Å². The van der Waals surface area contributed by atoms with Gasteiger partial charge in [-0.25, -0.2) is 0 Å². The summed E-state index contributed by atoms with van der Waals surface area (Å²) in [4.78, 5) is 28.3. The highest BCUT2D eigenvalue weighted by atomic mass is 16.5. The molecule has 3 rings (SSSR count). The first-order valence-electron chi connectivity index (χ1n) is 8.97. The average Bonchev–Trinajstić information content (AvgIpc) is 2.61. The number of amides is 2. The molecule has 2 saturated heterocycles. The summed E-state index contributed by atoms with van der Waals surface area (Å²) in [7, 11) is 1.97. The van der Waals surface area contributed by atoms with Crippen molar-refractivity contribution < 1.29 is 14.3 Å². The van der Waals surface area contributed by atoms with Crippen LogP contribution < -0.4 is 10.5 Å². The van der Waals surface area contributed by atoms with Crippen molar-refractivity contribution in [3.8, 4) is 5.75 Å². The zero-order valence-corrected chi connectivity index (χ0v) is 14.8. The first-order chi connectivity index (χ1) is 12.0. The van der Waals surface area contributed by atoms with Gasteiger partial charge in [-0.2, -0.15) is 0 Å². The predicted octanol–water partition coefficient (Wildman–Crippen LogP) is 1.25. The maximum atomic E-state index is 12.4. The summed E-state index contributed by atoms with van der Waals surface area (Å²) < 4.78 is 5.56. The van der Waals surface area contributed by atoms with Gasteiger partial charge in [0.2, 0.25) is 5.91 Å². The van der Waals surface area contributed by atoms with Gasteiger partial charge in [-0.3, -0.25) is 14.5 Å². The van der Waals surface area contributed by atoms with Gasteiger partial charge in [0.1, 0.15) is 5.75 Å². The molecule has 1 spiro atoms. The maximum Gasteiger partial charge on any atom is 0.260 e. The normalized spacial score (nSPS) is 23.4. The van der Waals surface area contributed by atoms with Crippen LogP contribution in [0.5, 0.6) is 5.75 Å². The lowest BCUT2D eigenvalue weighted by molar-refractivity contribution is -0.140. The van der Waals surface area contributed by atoms with Crippen LogP contribution in [0.2, 0.25) is 0 Å². The van der Waals surface area contributed by atoms with E-state index in [0.29, 0.717) is 18.8 Å². The molecular weight excluding hydrogens is 318 g/mol. The topological polar surface area (TPSA) is 75.9 Å². The van der Waals surface area contributed by atoms with E-state index in [1.165, 1.54) is 0 Å². The van der Waals surface area contributed by atoms with Crippen LogP contribution in [0.15, 0.2) is 30.3 Å². The summed E-state index contributed by atoms with van der Waals surface area (Å²) in [5.41, 5.74) is 5.60. The number of ether oxygens (including phenoxy) is 1. The number of piperidine rings is 2. The molecule has 1 aromatic carbocycles. The third-order valence-corrected chi connectivity index (χ3v) is 5.69. The van der Waals surface area contributed by atoms with Gasteiger partial charge in [-0.15, -0.1) is 0 Å². The van der Waals surface area contributed by atoms with Crippen LogP contribution in [0, 0.1) is 5.41 Å². The number of primary amides is 1. The molecule has 0 aromatic heterocycles. The highest BCUT2D eigenvalue weighted by Gasteiger charge is 2.48. The van der Waals surface area contributed by atoms with Gasteiger partial charge < -0.3 is 15.4 Å². The van der Waals surface area contributed by atoms with E-state index in [0.717, 1.165) is 32.2 Å². The second kappa shape index (κ2) is 7.44. The Hall–Kier alpha value is -2.08. The lowest BCUT2D eigenvalue weighted by Crippen LogP contribution is -2.60. The molecule has 2 heterocycles. The first-order valence-corrected chi connectivity index (χ1v) is 8.97. The smallest absolute Gasteiger partial charge is 0.260 e. The molecule has 6 heteroatoms. The fraction of sp³-hybridized carbons (Fsp3) is 0.579. The van der Waals surface area contributed by atoms with Crippen molar-refractivity contribution in [3.05, 3.63) is 30.3 Å². The third-order valence-electron chi connectivity index (χ3n) is 5.69. The highest BCUT2D eigenvalue weighted by Crippen LogP contribution is 2.44. The molecule has 2 aliphatic heterocycles. The number of nitrogens with zero attached hydrogens (tertiary/aromatic N) is 2. The zero-order valence-electron chi connectivity index (χ0n) is 14.8. The largest absolute Gasteiger partial charge is 0.484 e. The molecule has 2 fully saturated rings. The standard InChI is InChI=1S/C19H27N3O3/c1-21-11-5-8-19(17(21)18(20)24)9-12-22(13-10-19)16(23)14-25-15-6-3-2-4-7-15/h2-4,6-7,17H,5,8-14H2,1H3,(H2,20,24). The molecule has 136 valence electrons. The Kier molecular flexibility index (Phi) is 5.27. The Morgan fingerprint density at radius 1 is 1.16 bits per heavy atom. The van der Waals surface area contributed by atoms with E-state index < -0.39 is 0 Å². The number of likely N-dealkylation sites (tertiary alicyclic amines) is 2. The molecule has 1 atom stereocenters. The second-order valence-electron chi connectivity index (χ2n) is 7.23. The average molecular weight is 345 g/mol. The zero-order chi connectivity index (χ0) is 17.9. The third kappa shape index (κ3) is 3.79. The van der Waals surface area contributed by atoms with Crippen LogP contribution in [-0.4, -0.2) is 60.9 Å². The first kappa shape index (κ1) is 17.7. The quantitative estimate of drug-likeness (QED) is 0.891. The number of carbonyl (C=O) groups excluding carboxylic acids is 2. The van der Waals surface area contributed by atoms with Gasteiger partial charge in [-0.1, -0.05) is 18.2 Å². The number of nitrogens with two attached hydrogens (primary N) is 1. The molecule has 0 aliphatic carbocycles. The second-order valence-corrected chi connectivity index (χ2v) is 7.23. The molecule has 2 amide bonds. The monoisotopic (exact) mass is 345 g/mol. The predicted molar refractivity (Wildman–Crippen MR) is 95.0 cm³/mol. The summed E-state index contributed by atoms with van der Waals surface area (Å²) in [5, 5.41) is 0. The lowest BCUT2D eigenvalue weighted by Gasteiger charge is -2.51. The number of rotatable bonds is 4. The fourth-order valence-corrected chi connectivity index (χ4v) is 4.41. The molecule has 1 unspecified atom stereocenters. The summed E-state index contributed by atoms with van der Waals surface area (Å²) >= 11 is 0. The molecule has 1 aromatic rings. The SMILES string of the molecule is CN1CCCC2(CCN(C(=O)COc3ccccc3)CC2)C1C(N)=O. The molecule has 0 bridgehead atoms. The number of hydrogen-bond donors (Lipinski definition) is 1. The fourth-order valence-electron chi connectivity index (χ4n) is 4.41. The van der Waals surface area contributed by atoms with E-state index >= 15 is 0 Å². The van der Waals surface area contributed by atoms with E-state index in [1.807, 2.05) is 42.3 Å². The van der Waals surface area contributed by atoms with Crippen LogP contribution >= 0.6 is 0 Å². The van der Waals surface area contributed by atoms with Crippen LogP contribution in [0.25, 0.3) is 0 Å². The van der Waals surface area contributed by atoms with Gasteiger partial charge in [0.05, 0.1) is 6.04 Å². The number of benzene rings is 1. The van der Waals surface area contributed by atoms with E-state index in [1.54, 1.807) is 0 Å². The Morgan fingerprint density at radius 2 is 1.84 bits per heavy atom. The minimum Gasteiger partial charge on any atom is -0.484 e. The summed E-state index contributed by atoms with van der Waals surface area (Å²) in [5.74, 6) is 0.458. The summed E-state index contributed by atoms with van der Waals surface area (Å²) in [6, 6.07) is 9.14. The van der Waals surface area contributed by atoms with Crippen molar-refractivity contribution in [1.29, 1.82) is 0 Å². The van der Waals surface area contributed by atoms with Crippen molar-refractivity contribution in [2.45, 2.75) is 31.7 Å². The van der Waals surface area contributed by atoms with Gasteiger partial charge >= 0.3 is 0 Å². The van der Waals surface area contributed by atoms with Gasteiger partial charge in [0.25, 0.3) is 5.91 Å². The lowest BCUT2D eigenvalue weighted by atomic mass is 9.66. The molecule has 2 N–H and O–H groups in total. The van der Waals surface area contributed by atoms with Gasteiger partial charge in [0.15, 0.2) is 6.61 Å². The van der Waals surface area contributed by atoms with Crippen molar-refractivity contribution in [1.82, 2.24) is 9.80 Å². The Morgan fingerprint density at radius 3 is 2.48 bits per heavy atom. The molecule has 6 nitrogen and oxygen atoms in total. The number of hydrogen-bond acceptors (Lipinski definition) is 4. The molecule has 2 aliphatic rings. The molecule has 25 heavy (non-hydrogen) atoms.